The summed E-state index contributed by atoms with van der Waals surface area (Å²) in [4.78, 5) is 0.134. The Hall–Kier alpha value is -1.70. The summed E-state index contributed by atoms with van der Waals surface area (Å²) in [5.74, 6) is 0.244. The van der Waals surface area contributed by atoms with E-state index >= 15 is 0 Å². The van der Waals surface area contributed by atoms with Crippen LogP contribution in [-0.4, -0.2) is 36.0 Å². The highest BCUT2D eigenvalue weighted by molar-refractivity contribution is 7.89. The second-order valence-electron chi connectivity index (χ2n) is 5.14. The average Bonchev–Trinajstić information content (AvgIpc) is 3.04. The first kappa shape index (κ1) is 14.2. The molecule has 6 nitrogen and oxygen atoms in total. The van der Waals surface area contributed by atoms with Crippen molar-refractivity contribution in [2.24, 2.45) is 0 Å². The molecule has 0 spiro atoms. The molecule has 0 aliphatic heterocycles. The van der Waals surface area contributed by atoms with Gasteiger partial charge < -0.3 is 5.11 Å². The zero-order chi connectivity index (χ0) is 14.9. The Labute approximate surface area is 123 Å². The molecule has 1 aromatic carbocycles. The highest BCUT2D eigenvalue weighted by Gasteiger charge is 2.41. The Morgan fingerprint density at radius 2 is 2.10 bits per heavy atom. The molecule has 2 N–H and O–H groups in total. The predicted molar refractivity (Wildman–Crippen MR) is 77.2 cm³/mol. The van der Waals surface area contributed by atoms with Gasteiger partial charge in [-0.1, -0.05) is 30.3 Å². The number of benzene rings is 1. The van der Waals surface area contributed by atoms with E-state index in [9.17, 15) is 8.42 Å². The molecular formula is C14H17N3O3S. The minimum atomic E-state index is -3.55. The van der Waals surface area contributed by atoms with Crippen LogP contribution in [0.1, 0.15) is 17.9 Å². The predicted octanol–water partition coefficient (Wildman–Crippen LogP) is 0.710. The molecule has 2 atom stereocenters. The molecule has 2 aromatic rings. The lowest BCUT2D eigenvalue weighted by molar-refractivity contribution is 0.269. The van der Waals surface area contributed by atoms with Gasteiger partial charge in [0.25, 0.3) is 0 Å². The molecule has 1 heterocycles. The van der Waals surface area contributed by atoms with Crippen LogP contribution in [-0.2, 0) is 16.6 Å². The molecule has 3 rings (SSSR count). The van der Waals surface area contributed by atoms with Crippen LogP contribution in [0.5, 0.6) is 0 Å². The summed E-state index contributed by atoms with van der Waals surface area (Å²) in [6.45, 7) is 0.207. The molecule has 0 radical (unpaired) electrons. The van der Waals surface area contributed by atoms with Gasteiger partial charge in [0.05, 0.1) is 19.3 Å². The fourth-order valence-corrected chi connectivity index (χ4v) is 3.61. The van der Waals surface area contributed by atoms with Crippen molar-refractivity contribution < 1.29 is 13.5 Å². The molecule has 7 heteroatoms. The second kappa shape index (κ2) is 5.59. The van der Waals surface area contributed by atoms with Crippen LogP contribution in [0, 0.1) is 0 Å². The molecule has 1 aliphatic rings. The van der Waals surface area contributed by atoms with E-state index in [1.807, 2.05) is 30.3 Å². The van der Waals surface area contributed by atoms with Gasteiger partial charge in [0.1, 0.15) is 4.90 Å². The topological polar surface area (TPSA) is 84.2 Å². The lowest BCUT2D eigenvalue weighted by Gasteiger charge is -2.04. The van der Waals surface area contributed by atoms with Gasteiger partial charge in [-0.15, -0.1) is 0 Å². The fraction of sp³-hybridized carbons (Fsp3) is 0.357. The van der Waals surface area contributed by atoms with E-state index in [1.165, 1.54) is 17.1 Å². The summed E-state index contributed by atoms with van der Waals surface area (Å²) in [5, 5.41) is 12.7. The quantitative estimate of drug-likeness (QED) is 0.823. The van der Waals surface area contributed by atoms with E-state index < -0.39 is 10.0 Å². The first-order chi connectivity index (χ1) is 10.1. The van der Waals surface area contributed by atoms with Crippen molar-refractivity contribution in [3.05, 3.63) is 48.3 Å². The number of aliphatic hydroxyl groups excluding tert-OH is 1. The maximum absolute atomic E-state index is 12.3. The molecular weight excluding hydrogens is 290 g/mol. The summed E-state index contributed by atoms with van der Waals surface area (Å²) >= 11 is 0. The second-order valence-corrected chi connectivity index (χ2v) is 6.86. The van der Waals surface area contributed by atoms with Crippen molar-refractivity contribution in [3.8, 4) is 0 Å². The highest BCUT2D eigenvalue weighted by atomic mass is 32.2. The first-order valence-electron chi connectivity index (χ1n) is 6.81. The highest BCUT2D eigenvalue weighted by Crippen LogP contribution is 2.41. The molecule has 0 amide bonds. The maximum Gasteiger partial charge on any atom is 0.243 e. The van der Waals surface area contributed by atoms with Gasteiger partial charge in [0, 0.05) is 18.2 Å². The summed E-state index contributed by atoms with van der Waals surface area (Å²) in [6.07, 6.45) is 3.55. The molecule has 1 fully saturated rings. The number of hydrogen-bond acceptors (Lipinski definition) is 4. The van der Waals surface area contributed by atoms with E-state index in [1.54, 1.807) is 0 Å². The third kappa shape index (κ3) is 3.15. The summed E-state index contributed by atoms with van der Waals surface area (Å²) in [7, 11) is -3.55. The Kier molecular flexibility index (Phi) is 3.79. The molecule has 1 aliphatic carbocycles. The summed E-state index contributed by atoms with van der Waals surface area (Å²) in [5.41, 5.74) is 1.15. The van der Waals surface area contributed by atoms with Gasteiger partial charge in [-0.3, -0.25) is 4.68 Å². The monoisotopic (exact) mass is 307 g/mol. The van der Waals surface area contributed by atoms with Crippen LogP contribution in [0.15, 0.2) is 47.6 Å². The van der Waals surface area contributed by atoms with Gasteiger partial charge in [-0.05, 0) is 12.0 Å². The van der Waals surface area contributed by atoms with Crippen molar-refractivity contribution in [1.82, 2.24) is 14.5 Å². The van der Waals surface area contributed by atoms with E-state index in [-0.39, 0.29) is 30.0 Å². The largest absolute Gasteiger partial charge is 0.394 e. The lowest BCUT2D eigenvalue weighted by atomic mass is 10.1. The van der Waals surface area contributed by atoms with Crippen LogP contribution in [0.4, 0.5) is 0 Å². The third-order valence-electron chi connectivity index (χ3n) is 3.57. The van der Waals surface area contributed by atoms with Crippen LogP contribution in [0.3, 0.4) is 0 Å². The molecule has 2 unspecified atom stereocenters. The number of aromatic nitrogens is 2. The number of nitrogens with one attached hydrogen (secondary N) is 1. The molecule has 112 valence electrons. The Balaban J connectivity index is 1.67. The first-order valence-corrected chi connectivity index (χ1v) is 8.29. The molecule has 0 bridgehead atoms. The maximum atomic E-state index is 12.3. The van der Waals surface area contributed by atoms with Crippen molar-refractivity contribution in [2.45, 2.75) is 29.8 Å². The van der Waals surface area contributed by atoms with Crippen molar-refractivity contribution in [1.29, 1.82) is 0 Å². The van der Waals surface area contributed by atoms with E-state index in [2.05, 4.69) is 9.82 Å². The van der Waals surface area contributed by atoms with Crippen LogP contribution in [0.2, 0.25) is 0 Å². The van der Waals surface area contributed by atoms with Crippen molar-refractivity contribution >= 4 is 10.0 Å². The van der Waals surface area contributed by atoms with Crippen molar-refractivity contribution in [3.63, 3.8) is 0 Å². The molecule has 0 saturated heterocycles. The van der Waals surface area contributed by atoms with Gasteiger partial charge >= 0.3 is 0 Å². The normalized spacial score (nSPS) is 21.4. The number of sulfonamides is 1. The van der Waals surface area contributed by atoms with Crippen molar-refractivity contribution in [2.75, 3.05) is 6.61 Å². The lowest BCUT2D eigenvalue weighted by Crippen LogP contribution is -2.26. The fourth-order valence-electron chi connectivity index (χ4n) is 2.37. The number of hydrogen-bond donors (Lipinski definition) is 2. The van der Waals surface area contributed by atoms with Crippen LogP contribution < -0.4 is 4.72 Å². The SMILES string of the molecule is O=S(=O)(NC1CC1c1ccccc1)c1cnn(CCO)c1. The zero-order valence-corrected chi connectivity index (χ0v) is 12.2. The van der Waals surface area contributed by atoms with Crippen LogP contribution in [0.25, 0.3) is 0 Å². The van der Waals surface area contributed by atoms with Gasteiger partial charge in [-0.2, -0.15) is 5.10 Å². The van der Waals surface area contributed by atoms with Gasteiger partial charge in [0.15, 0.2) is 0 Å². The standard InChI is InChI=1S/C14H17N3O3S/c18-7-6-17-10-12(9-15-17)21(19,20)16-14-8-13(14)11-4-2-1-3-5-11/h1-5,9-10,13-14,16,18H,6-8H2. The third-order valence-corrected chi connectivity index (χ3v) is 5.02. The molecule has 1 saturated carbocycles. The Morgan fingerprint density at radius 1 is 1.33 bits per heavy atom. The number of rotatable bonds is 6. The average molecular weight is 307 g/mol. The van der Waals surface area contributed by atoms with Gasteiger partial charge in [0.2, 0.25) is 10.0 Å². The summed E-state index contributed by atoms with van der Waals surface area (Å²) < 4.78 is 28.6. The minimum Gasteiger partial charge on any atom is -0.394 e. The van der Waals surface area contributed by atoms with E-state index in [0.29, 0.717) is 0 Å². The van der Waals surface area contributed by atoms with Crippen LogP contribution >= 0.6 is 0 Å². The summed E-state index contributed by atoms with van der Waals surface area (Å²) in [6, 6.07) is 9.83. The Bertz CT molecular complexity index is 712. The Morgan fingerprint density at radius 3 is 2.81 bits per heavy atom. The van der Waals surface area contributed by atoms with Gasteiger partial charge in [-0.25, -0.2) is 13.1 Å². The number of nitrogens with zero attached hydrogens (tertiary/aromatic N) is 2. The zero-order valence-electron chi connectivity index (χ0n) is 11.4. The number of aliphatic hydroxyl groups is 1. The minimum absolute atomic E-state index is 0.0569. The molecule has 21 heavy (non-hydrogen) atoms. The smallest absolute Gasteiger partial charge is 0.243 e. The van der Waals surface area contributed by atoms with E-state index in [4.69, 9.17) is 5.11 Å². The van der Waals surface area contributed by atoms with E-state index in [0.717, 1.165) is 12.0 Å². The molecule has 1 aromatic heterocycles.